The van der Waals surface area contributed by atoms with Crippen molar-refractivity contribution in [3.8, 4) is 0 Å². The summed E-state index contributed by atoms with van der Waals surface area (Å²) in [4.78, 5) is 16.8. The van der Waals surface area contributed by atoms with Gasteiger partial charge in [0.15, 0.2) is 0 Å². The summed E-state index contributed by atoms with van der Waals surface area (Å²) in [6.45, 7) is 17.1. The van der Waals surface area contributed by atoms with Crippen LogP contribution in [0.5, 0.6) is 0 Å². The maximum atomic E-state index is 11.9. The van der Waals surface area contributed by atoms with Crippen LogP contribution in [0.4, 0.5) is 4.79 Å². The van der Waals surface area contributed by atoms with Gasteiger partial charge in [0.1, 0.15) is 5.60 Å². The number of alkyl carbamates (subject to hydrolysis) is 1. The highest BCUT2D eigenvalue weighted by Gasteiger charge is 2.45. The molecule has 2 fully saturated rings. The second-order valence-corrected chi connectivity index (χ2v) is 9.72. The van der Waals surface area contributed by atoms with E-state index < -0.39 is 11.2 Å². The molecule has 0 spiro atoms. The third kappa shape index (κ3) is 7.12. The molecule has 0 unspecified atom stereocenters. The van der Waals surface area contributed by atoms with Crippen molar-refractivity contribution < 1.29 is 14.6 Å². The van der Waals surface area contributed by atoms with Crippen LogP contribution in [0.2, 0.25) is 0 Å². The van der Waals surface area contributed by atoms with Gasteiger partial charge in [0.05, 0.1) is 5.60 Å². The summed E-state index contributed by atoms with van der Waals surface area (Å²) in [5.41, 5.74) is -0.881. The van der Waals surface area contributed by atoms with E-state index in [0.29, 0.717) is 19.1 Å². The van der Waals surface area contributed by atoms with E-state index in [1.807, 2.05) is 34.6 Å². The van der Waals surface area contributed by atoms with Crippen LogP contribution in [0, 0.1) is 5.41 Å². The molecule has 2 aliphatic rings. The molecule has 1 heterocycles. The molecule has 1 aliphatic heterocycles. The number of rotatable bonds is 6. The molecule has 146 valence electrons. The molecule has 1 amide bonds. The van der Waals surface area contributed by atoms with Gasteiger partial charge in [-0.05, 0) is 54.4 Å². The smallest absolute Gasteiger partial charge is 0.407 e. The highest BCUT2D eigenvalue weighted by atomic mass is 16.6. The average molecular weight is 356 g/mol. The summed E-state index contributed by atoms with van der Waals surface area (Å²) in [6.07, 6.45) is 2.02. The molecule has 1 saturated carbocycles. The summed E-state index contributed by atoms with van der Waals surface area (Å²) in [7, 11) is 0. The topological polar surface area (TPSA) is 65.0 Å². The highest BCUT2D eigenvalue weighted by Crippen LogP contribution is 2.46. The number of nitrogens with zero attached hydrogens (tertiary/aromatic N) is 2. The number of hydrogen-bond donors (Lipinski definition) is 2. The van der Waals surface area contributed by atoms with Crippen LogP contribution in [0.3, 0.4) is 0 Å². The number of amides is 1. The van der Waals surface area contributed by atoms with E-state index in [1.165, 1.54) is 12.8 Å². The molecule has 1 aliphatic carbocycles. The number of piperazine rings is 1. The predicted molar refractivity (Wildman–Crippen MR) is 99.7 cm³/mol. The van der Waals surface area contributed by atoms with Crippen LogP contribution in [0.15, 0.2) is 0 Å². The van der Waals surface area contributed by atoms with Crippen LogP contribution >= 0.6 is 0 Å². The second kappa shape index (κ2) is 7.41. The second-order valence-electron chi connectivity index (χ2n) is 9.72. The normalized spacial score (nSPS) is 24.8. The van der Waals surface area contributed by atoms with E-state index in [2.05, 4.69) is 22.0 Å². The van der Waals surface area contributed by atoms with Gasteiger partial charge < -0.3 is 15.2 Å². The minimum absolute atomic E-state index is 0.217. The molecule has 1 saturated heterocycles. The lowest BCUT2D eigenvalue weighted by Gasteiger charge is -2.43. The van der Waals surface area contributed by atoms with E-state index >= 15 is 0 Å². The van der Waals surface area contributed by atoms with E-state index in [-0.39, 0.29) is 11.5 Å². The molecule has 0 aromatic carbocycles. The Labute approximate surface area is 152 Å². The Hall–Kier alpha value is -0.850. The zero-order valence-electron chi connectivity index (χ0n) is 16.9. The van der Waals surface area contributed by atoms with Crippen molar-refractivity contribution in [3.63, 3.8) is 0 Å². The lowest BCUT2D eigenvalue weighted by Crippen LogP contribution is -2.56. The van der Waals surface area contributed by atoms with Gasteiger partial charge in [-0.15, -0.1) is 0 Å². The van der Waals surface area contributed by atoms with E-state index in [1.54, 1.807) is 0 Å². The molecule has 2 N–H and O–H groups in total. The molecular weight excluding hydrogens is 318 g/mol. The zero-order chi connectivity index (χ0) is 18.9. The van der Waals surface area contributed by atoms with Crippen molar-refractivity contribution in [1.82, 2.24) is 15.1 Å². The summed E-state index contributed by atoms with van der Waals surface area (Å²) in [6, 6.07) is 0.440. The summed E-state index contributed by atoms with van der Waals surface area (Å²) >= 11 is 0. The number of carbonyl (C=O) groups is 1. The monoisotopic (exact) mass is 355 g/mol. The maximum absolute atomic E-state index is 11.9. The average Bonchev–Trinajstić information content (AvgIpc) is 3.17. The van der Waals surface area contributed by atoms with Gasteiger partial charge in [0, 0.05) is 50.7 Å². The Balaban J connectivity index is 1.76. The highest BCUT2D eigenvalue weighted by molar-refractivity contribution is 5.67. The zero-order valence-corrected chi connectivity index (χ0v) is 16.9. The summed E-state index contributed by atoms with van der Waals surface area (Å²) in [5, 5.41) is 13.0. The molecule has 0 bridgehead atoms. The maximum Gasteiger partial charge on any atom is 0.407 e. The standard InChI is InChI=1S/C19H37N3O3/c1-15-11-21(9-10-22(15)13-18(5,6)24)14-19(7-8-19)12-20-16(23)25-17(2,3)4/h15,24H,7-14H2,1-6H3,(H,20,23)/t15-/m1/s1. The predicted octanol–water partition coefficient (Wildman–Crippen LogP) is 2.07. The molecule has 6 heteroatoms. The lowest BCUT2D eigenvalue weighted by molar-refractivity contribution is -0.00705. The molecule has 2 rings (SSSR count). The van der Waals surface area contributed by atoms with Crippen molar-refractivity contribution in [2.45, 2.75) is 71.6 Å². The van der Waals surface area contributed by atoms with Gasteiger partial charge in [0.2, 0.25) is 0 Å². The number of carbonyl (C=O) groups excluding carboxylic acids is 1. The Morgan fingerprint density at radius 1 is 1.24 bits per heavy atom. The summed E-state index contributed by atoms with van der Waals surface area (Å²) in [5.74, 6) is 0. The molecule has 0 radical (unpaired) electrons. The minimum Gasteiger partial charge on any atom is -0.444 e. The van der Waals surface area contributed by atoms with E-state index in [4.69, 9.17) is 4.74 Å². The molecule has 6 nitrogen and oxygen atoms in total. The van der Waals surface area contributed by atoms with Crippen LogP contribution in [0.1, 0.15) is 54.4 Å². The van der Waals surface area contributed by atoms with Crippen LogP contribution in [-0.4, -0.2) is 77.5 Å². The van der Waals surface area contributed by atoms with Gasteiger partial charge in [0.25, 0.3) is 0 Å². The van der Waals surface area contributed by atoms with E-state index in [9.17, 15) is 9.90 Å². The van der Waals surface area contributed by atoms with Crippen LogP contribution in [0.25, 0.3) is 0 Å². The van der Waals surface area contributed by atoms with Gasteiger partial charge in [-0.25, -0.2) is 4.79 Å². The van der Waals surface area contributed by atoms with Gasteiger partial charge in [-0.2, -0.15) is 0 Å². The number of β-amino-alcohol motifs (C(OH)–C–C–N with tert-alkyl or cyclic N) is 1. The van der Waals surface area contributed by atoms with E-state index in [0.717, 1.165) is 26.2 Å². The van der Waals surface area contributed by atoms with Gasteiger partial charge >= 0.3 is 6.09 Å². The van der Waals surface area contributed by atoms with Gasteiger partial charge in [-0.1, -0.05) is 0 Å². The van der Waals surface area contributed by atoms with Crippen molar-refractivity contribution in [1.29, 1.82) is 0 Å². The van der Waals surface area contributed by atoms with Crippen LogP contribution < -0.4 is 5.32 Å². The first-order chi connectivity index (χ1) is 11.4. The summed E-state index contributed by atoms with van der Waals surface area (Å²) < 4.78 is 5.33. The van der Waals surface area contributed by atoms with Crippen LogP contribution in [-0.2, 0) is 4.74 Å². The fourth-order valence-electron chi connectivity index (χ4n) is 3.56. The third-order valence-electron chi connectivity index (χ3n) is 4.96. The molecular formula is C19H37N3O3. The van der Waals surface area contributed by atoms with Crippen molar-refractivity contribution in [3.05, 3.63) is 0 Å². The number of ether oxygens (including phenoxy) is 1. The lowest BCUT2D eigenvalue weighted by atomic mass is 10.0. The third-order valence-corrected chi connectivity index (χ3v) is 4.96. The SMILES string of the molecule is C[C@@H]1CN(CC2(CNC(=O)OC(C)(C)C)CC2)CCN1CC(C)(C)O. The van der Waals surface area contributed by atoms with Crippen molar-refractivity contribution in [2.24, 2.45) is 5.41 Å². The molecule has 0 aromatic heterocycles. The largest absolute Gasteiger partial charge is 0.444 e. The Morgan fingerprint density at radius 3 is 2.36 bits per heavy atom. The minimum atomic E-state index is -0.647. The number of nitrogens with one attached hydrogen (secondary N) is 1. The Kier molecular flexibility index (Phi) is 6.07. The molecule has 25 heavy (non-hydrogen) atoms. The fourth-order valence-corrected chi connectivity index (χ4v) is 3.56. The molecule has 1 atom stereocenters. The Morgan fingerprint density at radius 2 is 1.88 bits per heavy atom. The fraction of sp³-hybridized carbons (Fsp3) is 0.947. The van der Waals surface area contributed by atoms with Gasteiger partial charge in [-0.3, -0.25) is 9.80 Å². The Bertz CT molecular complexity index is 464. The quantitative estimate of drug-likeness (QED) is 0.764. The van der Waals surface area contributed by atoms with Crippen molar-refractivity contribution in [2.75, 3.05) is 39.3 Å². The van der Waals surface area contributed by atoms with Crippen molar-refractivity contribution >= 4 is 6.09 Å². The number of aliphatic hydroxyl groups is 1. The first-order valence-corrected chi connectivity index (χ1v) is 9.53. The number of hydrogen-bond acceptors (Lipinski definition) is 5. The molecule has 0 aromatic rings. The first-order valence-electron chi connectivity index (χ1n) is 9.53. The first kappa shape index (κ1) is 20.5.